The van der Waals surface area contributed by atoms with Gasteiger partial charge in [-0.15, -0.1) is 0 Å². The fourth-order valence-electron chi connectivity index (χ4n) is 1.08. The van der Waals surface area contributed by atoms with Gasteiger partial charge in [0.05, 0.1) is 11.9 Å². The highest BCUT2D eigenvalue weighted by Gasteiger charge is 2.00. The third-order valence-electron chi connectivity index (χ3n) is 1.73. The van der Waals surface area contributed by atoms with Crippen LogP contribution in [0.4, 0.5) is 5.82 Å². The molecule has 66 valence electrons. The van der Waals surface area contributed by atoms with Gasteiger partial charge in [-0.25, -0.2) is 14.6 Å². The van der Waals surface area contributed by atoms with E-state index >= 15 is 0 Å². The van der Waals surface area contributed by atoms with Crippen molar-refractivity contribution >= 4 is 5.82 Å². The number of hydrogen-bond acceptors (Lipinski definition) is 4. The summed E-state index contributed by atoms with van der Waals surface area (Å²) in [6, 6.07) is 3.58. The van der Waals surface area contributed by atoms with Gasteiger partial charge >= 0.3 is 0 Å². The summed E-state index contributed by atoms with van der Waals surface area (Å²) in [7, 11) is 0. The van der Waals surface area contributed by atoms with Gasteiger partial charge in [-0.05, 0) is 19.1 Å². The second-order valence-corrected chi connectivity index (χ2v) is 2.66. The van der Waals surface area contributed by atoms with E-state index in [0.29, 0.717) is 5.82 Å². The molecule has 0 aliphatic rings. The van der Waals surface area contributed by atoms with Gasteiger partial charge in [-0.2, -0.15) is 5.10 Å². The summed E-state index contributed by atoms with van der Waals surface area (Å²) in [6.07, 6.45) is 3.17. The number of nitrogen functional groups attached to an aromatic ring is 1. The molecule has 0 fully saturated rings. The SMILES string of the molecule is Cc1ncnn1-c1ccc(N)nc1. The van der Waals surface area contributed by atoms with Crippen LogP contribution >= 0.6 is 0 Å². The van der Waals surface area contributed by atoms with E-state index in [1.165, 1.54) is 6.33 Å². The first-order chi connectivity index (χ1) is 6.27. The first-order valence-corrected chi connectivity index (χ1v) is 3.86. The van der Waals surface area contributed by atoms with E-state index < -0.39 is 0 Å². The molecular weight excluding hydrogens is 166 g/mol. The number of aryl methyl sites for hydroxylation is 1. The second-order valence-electron chi connectivity index (χ2n) is 2.66. The Labute approximate surface area is 75.2 Å². The summed E-state index contributed by atoms with van der Waals surface area (Å²) >= 11 is 0. The van der Waals surface area contributed by atoms with Crippen LogP contribution in [-0.4, -0.2) is 19.7 Å². The minimum Gasteiger partial charge on any atom is -0.384 e. The zero-order chi connectivity index (χ0) is 9.26. The van der Waals surface area contributed by atoms with Crippen molar-refractivity contribution in [3.63, 3.8) is 0 Å². The first kappa shape index (κ1) is 7.72. The molecule has 0 aliphatic carbocycles. The standard InChI is InChI=1S/C8H9N5/c1-6-11-5-12-13(6)7-2-3-8(9)10-4-7/h2-5H,1H3,(H2,9,10). The topological polar surface area (TPSA) is 69.6 Å². The molecule has 13 heavy (non-hydrogen) atoms. The first-order valence-electron chi connectivity index (χ1n) is 3.86. The summed E-state index contributed by atoms with van der Waals surface area (Å²) in [5.74, 6) is 1.33. The van der Waals surface area contributed by atoms with Crippen molar-refractivity contribution in [1.82, 2.24) is 19.7 Å². The number of aromatic nitrogens is 4. The Kier molecular flexibility index (Phi) is 1.70. The van der Waals surface area contributed by atoms with Crippen LogP contribution in [0.15, 0.2) is 24.7 Å². The van der Waals surface area contributed by atoms with Gasteiger partial charge in [0.15, 0.2) is 0 Å². The lowest BCUT2D eigenvalue weighted by Gasteiger charge is -2.01. The Hall–Kier alpha value is -1.91. The van der Waals surface area contributed by atoms with Crippen molar-refractivity contribution in [2.24, 2.45) is 0 Å². The summed E-state index contributed by atoms with van der Waals surface area (Å²) in [5, 5.41) is 4.04. The lowest BCUT2D eigenvalue weighted by Crippen LogP contribution is -2.00. The monoisotopic (exact) mass is 175 g/mol. The molecule has 0 saturated carbocycles. The average molecular weight is 175 g/mol. The van der Waals surface area contributed by atoms with Crippen molar-refractivity contribution in [2.45, 2.75) is 6.92 Å². The molecule has 0 atom stereocenters. The highest BCUT2D eigenvalue weighted by molar-refractivity contribution is 5.36. The second kappa shape index (κ2) is 2.85. The van der Waals surface area contributed by atoms with Crippen molar-refractivity contribution in [1.29, 1.82) is 0 Å². The molecule has 0 unspecified atom stereocenters. The normalized spacial score (nSPS) is 10.2. The molecule has 0 radical (unpaired) electrons. The molecule has 0 bridgehead atoms. The van der Waals surface area contributed by atoms with Crippen LogP contribution in [0.1, 0.15) is 5.82 Å². The van der Waals surface area contributed by atoms with E-state index in [1.54, 1.807) is 16.9 Å². The predicted octanol–water partition coefficient (Wildman–Crippen LogP) is 0.553. The lowest BCUT2D eigenvalue weighted by molar-refractivity contribution is 0.835. The number of nitrogens with zero attached hydrogens (tertiary/aromatic N) is 4. The maximum atomic E-state index is 5.46. The van der Waals surface area contributed by atoms with Crippen LogP contribution in [0, 0.1) is 6.92 Å². The van der Waals surface area contributed by atoms with Crippen LogP contribution < -0.4 is 5.73 Å². The zero-order valence-corrected chi connectivity index (χ0v) is 7.18. The minimum atomic E-state index is 0.501. The van der Waals surface area contributed by atoms with Crippen LogP contribution in [0.25, 0.3) is 5.69 Å². The number of rotatable bonds is 1. The summed E-state index contributed by atoms with van der Waals surface area (Å²) < 4.78 is 1.70. The zero-order valence-electron chi connectivity index (χ0n) is 7.18. The van der Waals surface area contributed by atoms with Crippen molar-refractivity contribution in [2.75, 3.05) is 5.73 Å². The van der Waals surface area contributed by atoms with E-state index in [2.05, 4.69) is 15.1 Å². The van der Waals surface area contributed by atoms with Gasteiger partial charge < -0.3 is 5.73 Å². The number of nitrogens with two attached hydrogens (primary N) is 1. The minimum absolute atomic E-state index is 0.501. The van der Waals surface area contributed by atoms with Gasteiger partial charge in [-0.3, -0.25) is 0 Å². The van der Waals surface area contributed by atoms with Crippen LogP contribution in [0.3, 0.4) is 0 Å². The average Bonchev–Trinajstić information content (AvgIpc) is 2.53. The van der Waals surface area contributed by atoms with Crippen molar-refractivity contribution in [3.05, 3.63) is 30.5 Å². The van der Waals surface area contributed by atoms with Crippen LogP contribution in [0.2, 0.25) is 0 Å². The predicted molar refractivity (Wildman–Crippen MR) is 48.3 cm³/mol. The highest BCUT2D eigenvalue weighted by atomic mass is 15.3. The Morgan fingerprint density at radius 3 is 2.69 bits per heavy atom. The molecular formula is C8H9N5. The van der Waals surface area contributed by atoms with E-state index in [-0.39, 0.29) is 0 Å². The molecule has 2 aromatic rings. The molecule has 0 saturated heterocycles. The molecule has 2 heterocycles. The quantitative estimate of drug-likeness (QED) is 0.687. The van der Waals surface area contributed by atoms with Crippen LogP contribution in [0.5, 0.6) is 0 Å². The molecule has 2 aromatic heterocycles. The number of hydrogen-bond donors (Lipinski definition) is 1. The summed E-state index contributed by atoms with van der Waals surface area (Å²) in [4.78, 5) is 7.97. The fourth-order valence-corrected chi connectivity index (χ4v) is 1.08. The van der Waals surface area contributed by atoms with Gasteiger partial charge in [-0.1, -0.05) is 0 Å². The molecule has 0 spiro atoms. The van der Waals surface area contributed by atoms with E-state index in [9.17, 15) is 0 Å². The van der Waals surface area contributed by atoms with Crippen molar-refractivity contribution < 1.29 is 0 Å². The van der Waals surface area contributed by atoms with Crippen molar-refractivity contribution in [3.8, 4) is 5.69 Å². The smallest absolute Gasteiger partial charge is 0.138 e. The molecule has 0 aliphatic heterocycles. The van der Waals surface area contributed by atoms with Gasteiger partial charge in [0.1, 0.15) is 18.0 Å². The molecule has 0 amide bonds. The van der Waals surface area contributed by atoms with E-state index in [4.69, 9.17) is 5.73 Å². The van der Waals surface area contributed by atoms with Gasteiger partial charge in [0.25, 0.3) is 0 Å². The fraction of sp³-hybridized carbons (Fsp3) is 0.125. The maximum Gasteiger partial charge on any atom is 0.138 e. The molecule has 5 nitrogen and oxygen atoms in total. The third kappa shape index (κ3) is 1.35. The third-order valence-corrected chi connectivity index (χ3v) is 1.73. The number of pyridine rings is 1. The van der Waals surface area contributed by atoms with Gasteiger partial charge in [0, 0.05) is 0 Å². The maximum absolute atomic E-state index is 5.46. The molecule has 0 aromatic carbocycles. The summed E-state index contributed by atoms with van der Waals surface area (Å²) in [6.45, 7) is 1.88. The Morgan fingerprint density at radius 2 is 2.15 bits per heavy atom. The largest absolute Gasteiger partial charge is 0.384 e. The number of anilines is 1. The van der Waals surface area contributed by atoms with Crippen LogP contribution in [-0.2, 0) is 0 Å². The molecule has 2 N–H and O–H groups in total. The van der Waals surface area contributed by atoms with E-state index in [0.717, 1.165) is 11.5 Å². The van der Waals surface area contributed by atoms with Gasteiger partial charge in [0.2, 0.25) is 0 Å². The Balaban J connectivity index is 2.47. The highest BCUT2D eigenvalue weighted by Crippen LogP contribution is 2.07. The summed E-state index contributed by atoms with van der Waals surface area (Å²) in [5.41, 5.74) is 6.33. The molecule has 2 rings (SSSR count). The molecule has 5 heteroatoms. The van der Waals surface area contributed by atoms with E-state index in [1.807, 2.05) is 13.0 Å². The Morgan fingerprint density at radius 1 is 1.31 bits per heavy atom. The Bertz CT molecular complexity index is 403. The lowest BCUT2D eigenvalue weighted by atomic mass is 10.4.